The van der Waals surface area contributed by atoms with Gasteiger partial charge in [0.25, 0.3) is 0 Å². The molecule has 0 saturated carbocycles. The molecule has 0 heterocycles. The first-order valence-corrected chi connectivity index (χ1v) is 8.75. The number of hydrogen-bond acceptors (Lipinski definition) is 7. The second-order valence-electron chi connectivity index (χ2n) is 6.18. The number of methoxy groups -OCH3 is 5. The summed E-state index contributed by atoms with van der Waals surface area (Å²) in [4.78, 5) is 12.7. The highest BCUT2D eigenvalue weighted by molar-refractivity contribution is 5.86. The first kappa shape index (κ1) is 21.4. The Morgan fingerprint density at radius 2 is 1.32 bits per heavy atom. The number of hydrogen-bond donors (Lipinski definition) is 1. The minimum Gasteiger partial charge on any atom is -0.493 e. The van der Waals surface area contributed by atoms with Gasteiger partial charge in [0.05, 0.1) is 41.6 Å². The predicted molar refractivity (Wildman–Crippen MR) is 106 cm³/mol. The smallest absolute Gasteiger partial charge is 0.203 e. The number of ketones is 1. The van der Waals surface area contributed by atoms with Crippen LogP contribution in [0.5, 0.6) is 28.7 Å². The molecule has 2 rings (SSSR count). The van der Waals surface area contributed by atoms with Crippen LogP contribution in [0.25, 0.3) is 0 Å². The highest BCUT2D eigenvalue weighted by Gasteiger charge is 2.19. The predicted octanol–water partition coefficient (Wildman–Crippen LogP) is 2.41. The van der Waals surface area contributed by atoms with Gasteiger partial charge >= 0.3 is 0 Å². The van der Waals surface area contributed by atoms with Crippen molar-refractivity contribution in [2.24, 2.45) is 5.73 Å². The minimum absolute atomic E-state index is 0.0935. The fraction of sp³-hybridized carbons (Fsp3) is 0.381. The molecule has 0 aliphatic heterocycles. The average Bonchev–Trinajstić information content (AvgIpc) is 2.72. The maximum atomic E-state index is 12.7. The second kappa shape index (κ2) is 9.85. The average molecular weight is 389 g/mol. The maximum absolute atomic E-state index is 12.7. The number of carbonyl (C=O) groups excluding carboxylic acids is 1. The van der Waals surface area contributed by atoms with E-state index in [4.69, 9.17) is 29.4 Å². The lowest BCUT2D eigenvalue weighted by Crippen LogP contribution is -2.34. The number of ether oxygens (including phenoxy) is 5. The molecule has 1 atom stereocenters. The molecule has 7 nitrogen and oxygen atoms in total. The number of nitrogens with two attached hydrogens (primary N) is 1. The molecule has 152 valence electrons. The van der Waals surface area contributed by atoms with Crippen LogP contribution in [0.15, 0.2) is 30.3 Å². The molecule has 2 aromatic carbocycles. The highest BCUT2D eigenvalue weighted by Crippen LogP contribution is 2.38. The van der Waals surface area contributed by atoms with Gasteiger partial charge in [-0.1, -0.05) is 6.07 Å². The first-order valence-electron chi connectivity index (χ1n) is 8.75. The zero-order valence-corrected chi connectivity index (χ0v) is 16.9. The van der Waals surface area contributed by atoms with E-state index in [0.717, 1.165) is 11.1 Å². The lowest BCUT2D eigenvalue weighted by atomic mass is 9.98. The lowest BCUT2D eigenvalue weighted by Gasteiger charge is -2.16. The van der Waals surface area contributed by atoms with Crippen molar-refractivity contribution in [1.29, 1.82) is 0 Å². The summed E-state index contributed by atoms with van der Waals surface area (Å²) in [5.74, 6) is 2.61. The second-order valence-corrected chi connectivity index (χ2v) is 6.18. The molecular weight excluding hydrogens is 362 g/mol. The van der Waals surface area contributed by atoms with Crippen molar-refractivity contribution in [2.45, 2.75) is 18.9 Å². The molecule has 2 aromatic rings. The van der Waals surface area contributed by atoms with E-state index in [-0.39, 0.29) is 12.2 Å². The molecule has 2 N–H and O–H groups in total. The summed E-state index contributed by atoms with van der Waals surface area (Å²) in [5, 5.41) is 0. The molecule has 1 unspecified atom stereocenters. The Labute approximate surface area is 165 Å². The fourth-order valence-corrected chi connectivity index (χ4v) is 2.95. The van der Waals surface area contributed by atoms with Crippen LogP contribution in [-0.2, 0) is 17.6 Å². The minimum atomic E-state index is -0.655. The van der Waals surface area contributed by atoms with E-state index in [1.54, 1.807) is 32.4 Å². The molecule has 0 aliphatic carbocycles. The molecule has 0 aromatic heterocycles. The monoisotopic (exact) mass is 389 g/mol. The molecule has 0 spiro atoms. The van der Waals surface area contributed by atoms with Crippen molar-refractivity contribution in [2.75, 3.05) is 35.5 Å². The Bertz CT molecular complexity index is 796. The van der Waals surface area contributed by atoms with Gasteiger partial charge in [-0.2, -0.15) is 0 Å². The Balaban J connectivity index is 2.14. The summed E-state index contributed by atoms with van der Waals surface area (Å²) in [5.41, 5.74) is 7.78. The van der Waals surface area contributed by atoms with Gasteiger partial charge in [-0.3, -0.25) is 4.79 Å². The third kappa shape index (κ3) is 4.86. The SMILES string of the molecule is COc1ccc(CC(N)C(=O)Cc2cc(OC)c(OC)c(OC)c2)cc1OC. The Kier molecular flexibility index (Phi) is 7.52. The van der Waals surface area contributed by atoms with Gasteiger partial charge in [0.15, 0.2) is 28.8 Å². The van der Waals surface area contributed by atoms with Crippen molar-refractivity contribution in [3.8, 4) is 28.7 Å². The van der Waals surface area contributed by atoms with Gasteiger partial charge < -0.3 is 29.4 Å². The van der Waals surface area contributed by atoms with Gasteiger partial charge in [0.1, 0.15) is 0 Å². The summed E-state index contributed by atoms with van der Waals surface area (Å²) < 4.78 is 26.5. The molecule has 7 heteroatoms. The number of rotatable bonds is 10. The highest BCUT2D eigenvalue weighted by atomic mass is 16.5. The van der Waals surface area contributed by atoms with Crippen molar-refractivity contribution >= 4 is 5.78 Å². The Morgan fingerprint density at radius 1 is 0.786 bits per heavy atom. The van der Waals surface area contributed by atoms with Gasteiger partial charge in [-0.25, -0.2) is 0 Å². The van der Waals surface area contributed by atoms with Gasteiger partial charge in [-0.15, -0.1) is 0 Å². The van der Waals surface area contributed by atoms with Crippen LogP contribution in [0.2, 0.25) is 0 Å². The van der Waals surface area contributed by atoms with E-state index in [0.29, 0.717) is 35.2 Å². The summed E-state index contributed by atoms with van der Waals surface area (Å²) in [6.07, 6.45) is 0.550. The number of carbonyl (C=O) groups is 1. The summed E-state index contributed by atoms with van der Waals surface area (Å²) in [6, 6.07) is 8.34. The van der Waals surface area contributed by atoms with Crippen LogP contribution in [0, 0.1) is 0 Å². The van der Waals surface area contributed by atoms with E-state index in [9.17, 15) is 4.79 Å². The van der Waals surface area contributed by atoms with E-state index in [1.807, 2.05) is 12.1 Å². The molecule has 0 aliphatic rings. The third-order valence-corrected chi connectivity index (χ3v) is 4.42. The lowest BCUT2D eigenvalue weighted by molar-refractivity contribution is -0.119. The molecule has 0 bridgehead atoms. The zero-order chi connectivity index (χ0) is 20.7. The van der Waals surface area contributed by atoms with Crippen LogP contribution in [-0.4, -0.2) is 47.4 Å². The standard InChI is InChI=1S/C21H27NO6/c1-24-17-7-6-13(10-18(17)25-2)8-15(22)16(23)9-14-11-19(26-3)21(28-5)20(12-14)27-4/h6-7,10-12,15H,8-9,22H2,1-5H3. The van der Waals surface area contributed by atoms with Crippen LogP contribution < -0.4 is 29.4 Å². The Hall–Kier alpha value is -2.93. The number of benzene rings is 2. The van der Waals surface area contributed by atoms with Gasteiger partial charge in [-0.05, 0) is 41.8 Å². The summed E-state index contributed by atoms with van der Waals surface area (Å²) in [6.45, 7) is 0. The van der Waals surface area contributed by atoms with Gasteiger partial charge in [0, 0.05) is 6.42 Å². The van der Waals surface area contributed by atoms with E-state index < -0.39 is 6.04 Å². The normalized spacial score (nSPS) is 11.5. The Morgan fingerprint density at radius 3 is 1.82 bits per heavy atom. The largest absolute Gasteiger partial charge is 0.493 e. The van der Waals surface area contributed by atoms with E-state index >= 15 is 0 Å². The van der Waals surface area contributed by atoms with Crippen LogP contribution in [0.3, 0.4) is 0 Å². The molecule has 0 saturated heterocycles. The van der Waals surface area contributed by atoms with E-state index in [2.05, 4.69) is 0 Å². The topological polar surface area (TPSA) is 89.2 Å². The van der Waals surface area contributed by atoms with Crippen molar-refractivity contribution in [1.82, 2.24) is 0 Å². The van der Waals surface area contributed by atoms with Crippen molar-refractivity contribution in [3.63, 3.8) is 0 Å². The maximum Gasteiger partial charge on any atom is 0.203 e. The quantitative estimate of drug-likeness (QED) is 0.667. The molecule has 0 radical (unpaired) electrons. The summed E-state index contributed by atoms with van der Waals surface area (Å²) in [7, 11) is 7.74. The summed E-state index contributed by atoms with van der Waals surface area (Å²) >= 11 is 0. The van der Waals surface area contributed by atoms with Crippen LogP contribution >= 0.6 is 0 Å². The van der Waals surface area contributed by atoms with Crippen molar-refractivity contribution < 1.29 is 28.5 Å². The third-order valence-electron chi connectivity index (χ3n) is 4.42. The first-order chi connectivity index (χ1) is 13.5. The van der Waals surface area contributed by atoms with Gasteiger partial charge in [0.2, 0.25) is 5.75 Å². The molecule has 0 amide bonds. The van der Waals surface area contributed by atoms with E-state index in [1.165, 1.54) is 21.3 Å². The zero-order valence-electron chi connectivity index (χ0n) is 16.9. The van der Waals surface area contributed by atoms with Crippen molar-refractivity contribution in [3.05, 3.63) is 41.5 Å². The fourth-order valence-electron chi connectivity index (χ4n) is 2.95. The van der Waals surface area contributed by atoms with Crippen LogP contribution in [0.4, 0.5) is 0 Å². The molecule has 0 fully saturated rings. The van der Waals surface area contributed by atoms with Crippen LogP contribution in [0.1, 0.15) is 11.1 Å². The number of Topliss-reactive ketones (excluding diaryl/α,β-unsaturated/α-hetero) is 1. The molecule has 28 heavy (non-hydrogen) atoms. The molecular formula is C21H27NO6.